The first-order valence-electron chi connectivity index (χ1n) is 5.85. The Balaban J connectivity index is 2.05. The van der Waals surface area contributed by atoms with Gasteiger partial charge in [0.05, 0.1) is 5.54 Å². The molecule has 1 aliphatic rings. The van der Waals surface area contributed by atoms with Crippen molar-refractivity contribution in [2.45, 2.75) is 31.2 Å². The molecule has 1 fully saturated rings. The summed E-state index contributed by atoms with van der Waals surface area (Å²) in [6, 6.07) is 6.55. The molecule has 1 aliphatic carbocycles. The third-order valence-corrected chi connectivity index (χ3v) is 3.08. The number of aliphatic hydroxyl groups excluding tert-OH is 1. The molecule has 0 heterocycles. The van der Waals surface area contributed by atoms with Gasteiger partial charge in [0.2, 0.25) is 5.91 Å². The molecule has 0 radical (unpaired) electrons. The van der Waals surface area contributed by atoms with Crippen molar-refractivity contribution in [1.29, 1.82) is 0 Å². The van der Waals surface area contributed by atoms with Gasteiger partial charge in [-0.2, -0.15) is 0 Å². The van der Waals surface area contributed by atoms with E-state index in [1.54, 1.807) is 18.2 Å². The van der Waals surface area contributed by atoms with Crippen molar-refractivity contribution in [3.05, 3.63) is 35.6 Å². The van der Waals surface area contributed by atoms with Crippen LogP contribution in [0.15, 0.2) is 24.3 Å². The maximum Gasteiger partial charge on any atom is 0.220 e. The lowest BCUT2D eigenvalue weighted by Gasteiger charge is -2.18. The first kappa shape index (κ1) is 12.0. The highest BCUT2D eigenvalue weighted by molar-refractivity contribution is 5.77. The molecule has 1 aromatic carbocycles. The molecule has 3 nitrogen and oxygen atoms in total. The van der Waals surface area contributed by atoms with Crippen LogP contribution in [0.2, 0.25) is 0 Å². The fourth-order valence-electron chi connectivity index (χ4n) is 2.00. The molecule has 4 heteroatoms. The van der Waals surface area contributed by atoms with Gasteiger partial charge in [-0.25, -0.2) is 4.39 Å². The van der Waals surface area contributed by atoms with Crippen LogP contribution in [0.4, 0.5) is 4.39 Å². The number of rotatable bonds is 5. The lowest BCUT2D eigenvalue weighted by atomic mass is 10.0. The van der Waals surface area contributed by atoms with Crippen molar-refractivity contribution >= 4 is 5.91 Å². The summed E-state index contributed by atoms with van der Waals surface area (Å²) in [7, 11) is 0. The molecule has 0 saturated heterocycles. The summed E-state index contributed by atoms with van der Waals surface area (Å²) in [6.07, 6.45) is 2.28. The number of hydrogen-bond donors (Lipinski definition) is 2. The number of carbonyl (C=O) groups is 1. The topological polar surface area (TPSA) is 49.3 Å². The molecule has 2 rings (SSSR count). The Morgan fingerprint density at radius 3 is 2.71 bits per heavy atom. The van der Waals surface area contributed by atoms with Gasteiger partial charge in [-0.3, -0.25) is 4.79 Å². The van der Waals surface area contributed by atoms with E-state index in [4.69, 9.17) is 5.11 Å². The van der Waals surface area contributed by atoms with E-state index in [1.807, 2.05) is 0 Å². The molecule has 92 valence electrons. The lowest BCUT2D eigenvalue weighted by Crippen LogP contribution is -2.35. The molecule has 0 aliphatic heterocycles. The summed E-state index contributed by atoms with van der Waals surface area (Å²) in [6.45, 7) is 0.000117. The molecule has 0 unspecified atom stereocenters. The second-order valence-electron chi connectivity index (χ2n) is 4.44. The minimum atomic E-state index is -0.502. The number of aliphatic hydroxyl groups is 1. The maximum atomic E-state index is 13.6. The van der Waals surface area contributed by atoms with Crippen LogP contribution < -0.4 is 5.32 Å². The molecule has 2 N–H and O–H groups in total. The van der Waals surface area contributed by atoms with Crippen LogP contribution in [0.5, 0.6) is 0 Å². The predicted molar refractivity (Wildman–Crippen MR) is 61.8 cm³/mol. The summed E-state index contributed by atoms with van der Waals surface area (Å²) < 4.78 is 13.6. The van der Waals surface area contributed by atoms with Crippen molar-refractivity contribution in [2.75, 3.05) is 6.61 Å². The number of nitrogens with one attached hydrogen (secondary N) is 1. The van der Waals surface area contributed by atoms with Gasteiger partial charge in [0.15, 0.2) is 0 Å². The molecule has 0 spiro atoms. The average Bonchev–Trinajstić information content (AvgIpc) is 3.07. The minimum absolute atomic E-state index is 0.000117. The quantitative estimate of drug-likeness (QED) is 0.819. The lowest BCUT2D eigenvalue weighted by molar-refractivity contribution is -0.122. The van der Waals surface area contributed by atoms with E-state index in [-0.39, 0.29) is 24.8 Å². The van der Waals surface area contributed by atoms with Gasteiger partial charge in [0, 0.05) is 18.6 Å². The van der Waals surface area contributed by atoms with Crippen molar-refractivity contribution in [2.24, 2.45) is 0 Å². The molecule has 17 heavy (non-hydrogen) atoms. The Bertz CT molecular complexity index is 416. The monoisotopic (exact) mass is 237 g/mol. The van der Waals surface area contributed by atoms with E-state index in [9.17, 15) is 9.18 Å². The summed E-state index contributed by atoms with van der Waals surface area (Å²) in [4.78, 5) is 11.6. The van der Waals surface area contributed by atoms with Gasteiger partial charge in [0.1, 0.15) is 5.82 Å². The molecule has 0 bridgehead atoms. The van der Waals surface area contributed by atoms with Crippen molar-refractivity contribution < 1.29 is 14.3 Å². The smallest absolute Gasteiger partial charge is 0.220 e. The van der Waals surface area contributed by atoms with Gasteiger partial charge in [-0.1, -0.05) is 18.2 Å². The van der Waals surface area contributed by atoms with Crippen LogP contribution >= 0.6 is 0 Å². The van der Waals surface area contributed by atoms with Gasteiger partial charge in [-0.05, 0) is 25.3 Å². The molecule has 1 saturated carbocycles. The minimum Gasteiger partial charge on any atom is -0.396 e. The molecular weight excluding hydrogens is 221 g/mol. The van der Waals surface area contributed by atoms with Crippen LogP contribution in [0.3, 0.4) is 0 Å². The first-order chi connectivity index (χ1) is 8.18. The summed E-state index contributed by atoms with van der Waals surface area (Å²) >= 11 is 0. The van der Waals surface area contributed by atoms with Gasteiger partial charge in [-0.15, -0.1) is 0 Å². The number of halogens is 1. The number of carbonyl (C=O) groups excluding carboxylic acids is 1. The normalized spacial score (nSPS) is 16.6. The Labute approximate surface area is 99.7 Å². The predicted octanol–water partition coefficient (Wildman–Crippen LogP) is 1.70. The van der Waals surface area contributed by atoms with E-state index >= 15 is 0 Å². The largest absolute Gasteiger partial charge is 0.396 e. The van der Waals surface area contributed by atoms with E-state index in [2.05, 4.69) is 5.32 Å². The summed E-state index contributed by atoms with van der Waals surface area (Å²) in [5.74, 6) is -0.396. The number of benzene rings is 1. The van der Waals surface area contributed by atoms with Gasteiger partial charge >= 0.3 is 0 Å². The maximum absolute atomic E-state index is 13.6. The van der Waals surface area contributed by atoms with Gasteiger partial charge < -0.3 is 10.4 Å². The Morgan fingerprint density at radius 1 is 1.41 bits per heavy atom. The van der Waals surface area contributed by atoms with Gasteiger partial charge in [0.25, 0.3) is 0 Å². The highest BCUT2D eigenvalue weighted by Crippen LogP contribution is 2.46. The zero-order chi connectivity index (χ0) is 12.3. The summed E-state index contributed by atoms with van der Waals surface area (Å²) in [5.41, 5.74) is 0.0649. The second kappa shape index (κ2) is 4.84. The van der Waals surface area contributed by atoms with E-state index in [0.29, 0.717) is 12.0 Å². The SMILES string of the molecule is O=C(CCCO)NC1(c2ccccc2F)CC1. The standard InChI is InChI=1S/C13H16FNO2/c14-11-5-2-1-4-10(11)13(7-8-13)15-12(17)6-3-9-16/h1-2,4-5,16H,3,6-9H2,(H,15,17). The van der Waals surface area contributed by atoms with Crippen molar-refractivity contribution in [1.82, 2.24) is 5.32 Å². The van der Waals surface area contributed by atoms with Crippen LogP contribution in [-0.4, -0.2) is 17.6 Å². The molecule has 1 amide bonds. The van der Waals surface area contributed by atoms with E-state index in [1.165, 1.54) is 6.07 Å². The average molecular weight is 237 g/mol. The van der Waals surface area contributed by atoms with Crippen LogP contribution in [0.1, 0.15) is 31.2 Å². The molecule has 1 aromatic rings. The Morgan fingerprint density at radius 2 is 2.12 bits per heavy atom. The highest BCUT2D eigenvalue weighted by atomic mass is 19.1. The first-order valence-corrected chi connectivity index (χ1v) is 5.85. The molecule has 0 aromatic heterocycles. The molecular formula is C13H16FNO2. The Hall–Kier alpha value is -1.42. The Kier molecular flexibility index (Phi) is 3.43. The van der Waals surface area contributed by atoms with Crippen molar-refractivity contribution in [3.8, 4) is 0 Å². The zero-order valence-corrected chi connectivity index (χ0v) is 9.58. The third kappa shape index (κ3) is 2.64. The molecule has 0 atom stereocenters. The van der Waals surface area contributed by atoms with E-state index < -0.39 is 5.54 Å². The second-order valence-corrected chi connectivity index (χ2v) is 4.44. The van der Waals surface area contributed by atoms with Crippen LogP contribution in [0.25, 0.3) is 0 Å². The fraction of sp³-hybridized carbons (Fsp3) is 0.462. The van der Waals surface area contributed by atoms with Crippen LogP contribution in [0, 0.1) is 5.82 Å². The third-order valence-electron chi connectivity index (χ3n) is 3.08. The number of amides is 1. The number of hydrogen-bond acceptors (Lipinski definition) is 2. The van der Waals surface area contributed by atoms with Crippen molar-refractivity contribution in [3.63, 3.8) is 0 Å². The van der Waals surface area contributed by atoms with E-state index in [0.717, 1.165) is 12.8 Å². The van der Waals surface area contributed by atoms with Crippen LogP contribution in [-0.2, 0) is 10.3 Å². The highest BCUT2D eigenvalue weighted by Gasteiger charge is 2.47. The summed E-state index contributed by atoms with van der Waals surface area (Å²) in [5, 5.41) is 11.5. The zero-order valence-electron chi connectivity index (χ0n) is 9.58. The fourth-order valence-corrected chi connectivity index (χ4v) is 2.00.